The zero-order valence-electron chi connectivity index (χ0n) is 12.4. The minimum Gasteiger partial charge on any atom is -0.495 e. The molecule has 1 heterocycles. The predicted octanol–water partition coefficient (Wildman–Crippen LogP) is 3.88. The average Bonchev–Trinajstić information content (AvgIpc) is 2.47. The smallest absolute Gasteiger partial charge is 0.137 e. The van der Waals surface area contributed by atoms with Gasteiger partial charge in [-0.2, -0.15) is 0 Å². The Labute approximate surface area is 129 Å². The van der Waals surface area contributed by atoms with Gasteiger partial charge in [-0.3, -0.25) is 0 Å². The van der Waals surface area contributed by atoms with E-state index in [0.29, 0.717) is 10.8 Å². The van der Waals surface area contributed by atoms with E-state index >= 15 is 0 Å². The molecule has 0 radical (unpaired) electrons. The molecule has 2 N–H and O–H groups in total. The summed E-state index contributed by atoms with van der Waals surface area (Å²) in [5, 5.41) is 6.84. The molecule has 0 saturated carbocycles. The summed E-state index contributed by atoms with van der Waals surface area (Å²) in [5.41, 5.74) is 0.851. The van der Waals surface area contributed by atoms with Crippen molar-refractivity contribution >= 4 is 28.9 Å². The molecule has 2 rings (SSSR count). The highest BCUT2D eigenvalue weighted by Crippen LogP contribution is 2.28. The Morgan fingerprint density at radius 2 is 1.95 bits per heavy atom. The molecule has 0 aliphatic carbocycles. The monoisotopic (exact) mass is 306 g/mol. The molecule has 2 aromatic rings. The molecular weight excluding hydrogens is 288 g/mol. The highest BCUT2D eigenvalue weighted by molar-refractivity contribution is 6.32. The van der Waals surface area contributed by atoms with Crippen molar-refractivity contribution in [2.75, 3.05) is 24.8 Å². The summed E-state index contributed by atoms with van der Waals surface area (Å²) in [6.45, 7) is 2.10. The minimum atomic E-state index is 0.555. The summed E-state index contributed by atoms with van der Waals surface area (Å²) >= 11 is 6.13. The van der Waals surface area contributed by atoms with Crippen LogP contribution < -0.4 is 15.4 Å². The zero-order valence-corrected chi connectivity index (χ0v) is 13.2. The van der Waals surface area contributed by atoms with Crippen molar-refractivity contribution in [1.29, 1.82) is 0 Å². The van der Waals surface area contributed by atoms with Crippen molar-refractivity contribution in [3.8, 4) is 5.75 Å². The Morgan fingerprint density at radius 3 is 2.57 bits per heavy atom. The number of hydrogen-bond donors (Lipinski definition) is 2. The number of nitrogens with zero attached hydrogens (tertiary/aromatic N) is 2. The lowest BCUT2D eigenvalue weighted by Gasteiger charge is -2.11. The van der Waals surface area contributed by atoms with Gasteiger partial charge in [-0.15, -0.1) is 0 Å². The second-order valence-corrected chi connectivity index (χ2v) is 4.94. The van der Waals surface area contributed by atoms with Gasteiger partial charge >= 0.3 is 0 Å². The Balaban J connectivity index is 2.25. The molecule has 6 heteroatoms. The van der Waals surface area contributed by atoms with Gasteiger partial charge in [0.25, 0.3) is 0 Å². The first-order valence-corrected chi connectivity index (χ1v) is 7.20. The highest BCUT2D eigenvalue weighted by atomic mass is 35.5. The average molecular weight is 307 g/mol. The first-order valence-electron chi connectivity index (χ1n) is 6.82. The minimum absolute atomic E-state index is 0.555. The fourth-order valence-electron chi connectivity index (χ4n) is 1.92. The standard InChI is InChI=1S/C15H19ClN4O/c1-4-5-13-19-14(17-2)9-15(20-13)18-10-6-7-12(21-3)11(16)8-10/h6-9H,4-5H2,1-3H3,(H2,17,18,19,20). The van der Waals surface area contributed by atoms with Gasteiger partial charge < -0.3 is 15.4 Å². The molecule has 0 spiro atoms. The number of ether oxygens (including phenoxy) is 1. The first kappa shape index (κ1) is 15.4. The van der Waals surface area contributed by atoms with Crippen molar-refractivity contribution in [2.45, 2.75) is 19.8 Å². The molecule has 0 bridgehead atoms. The van der Waals surface area contributed by atoms with Crippen LogP contribution in [0.3, 0.4) is 0 Å². The maximum absolute atomic E-state index is 6.13. The van der Waals surface area contributed by atoms with Crippen molar-refractivity contribution in [2.24, 2.45) is 0 Å². The topological polar surface area (TPSA) is 59.1 Å². The normalized spacial score (nSPS) is 10.3. The predicted molar refractivity (Wildman–Crippen MR) is 86.9 cm³/mol. The Hall–Kier alpha value is -2.01. The summed E-state index contributed by atoms with van der Waals surface area (Å²) in [5.74, 6) is 2.98. The van der Waals surface area contributed by atoms with Crippen molar-refractivity contribution in [3.05, 3.63) is 35.1 Å². The molecule has 0 unspecified atom stereocenters. The third kappa shape index (κ3) is 3.98. The van der Waals surface area contributed by atoms with E-state index in [1.165, 1.54) is 0 Å². The van der Waals surface area contributed by atoms with Crippen LogP contribution in [0.5, 0.6) is 5.75 Å². The van der Waals surface area contributed by atoms with Crippen LogP contribution in [0.2, 0.25) is 5.02 Å². The van der Waals surface area contributed by atoms with Crippen molar-refractivity contribution in [3.63, 3.8) is 0 Å². The molecule has 0 amide bonds. The van der Waals surface area contributed by atoms with Crippen LogP contribution in [0.1, 0.15) is 19.2 Å². The molecule has 0 aliphatic rings. The molecule has 1 aromatic carbocycles. The van der Waals surface area contributed by atoms with E-state index < -0.39 is 0 Å². The van der Waals surface area contributed by atoms with E-state index in [1.54, 1.807) is 13.2 Å². The van der Waals surface area contributed by atoms with Crippen molar-refractivity contribution < 1.29 is 4.74 Å². The van der Waals surface area contributed by atoms with Gasteiger partial charge in [0, 0.05) is 25.2 Å². The number of aryl methyl sites for hydroxylation is 1. The van der Waals surface area contributed by atoms with E-state index in [9.17, 15) is 0 Å². The lowest BCUT2D eigenvalue weighted by atomic mass is 10.3. The number of halogens is 1. The quantitative estimate of drug-likeness (QED) is 0.848. The summed E-state index contributed by atoms with van der Waals surface area (Å²) < 4.78 is 5.14. The second kappa shape index (κ2) is 7.13. The number of benzene rings is 1. The fourth-order valence-corrected chi connectivity index (χ4v) is 2.17. The van der Waals surface area contributed by atoms with Gasteiger partial charge in [-0.1, -0.05) is 18.5 Å². The second-order valence-electron chi connectivity index (χ2n) is 4.53. The maximum Gasteiger partial charge on any atom is 0.137 e. The van der Waals surface area contributed by atoms with Crippen LogP contribution >= 0.6 is 11.6 Å². The van der Waals surface area contributed by atoms with Crippen LogP contribution in [0.25, 0.3) is 0 Å². The van der Waals surface area contributed by atoms with Crippen molar-refractivity contribution in [1.82, 2.24) is 9.97 Å². The maximum atomic E-state index is 6.13. The largest absolute Gasteiger partial charge is 0.495 e. The molecule has 112 valence electrons. The van der Waals surface area contributed by atoms with Crippen LogP contribution in [0, 0.1) is 0 Å². The first-order chi connectivity index (χ1) is 10.2. The molecule has 0 atom stereocenters. The van der Waals surface area contributed by atoms with Gasteiger partial charge in [0.1, 0.15) is 23.2 Å². The molecule has 5 nitrogen and oxygen atoms in total. The lowest BCUT2D eigenvalue weighted by molar-refractivity contribution is 0.415. The highest BCUT2D eigenvalue weighted by Gasteiger charge is 2.06. The van der Waals surface area contributed by atoms with Crippen LogP contribution in [-0.2, 0) is 6.42 Å². The Morgan fingerprint density at radius 1 is 1.19 bits per heavy atom. The van der Waals surface area contributed by atoms with Gasteiger partial charge in [0.15, 0.2) is 0 Å². The van der Waals surface area contributed by atoms with Crippen LogP contribution in [0.15, 0.2) is 24.3 Å². The molecule has 1 aromatic heterocycles. The number of anilines is 3. The number of hydrogen-bond acceptors (Lipinski definition) is 5. The van der Waals surface area contributed by atoms with E-state index in [4.69, 9.17) is 16.3 Å². The fraction of sp³-hybridized carbons (Fsp3) is 0.333. The molecular formula is C15H19ClN4O. The Bertz CT molecular complexity index is 619. The number of nitrogens with one attached hydrogen (secondary N) is 2. The Kier molecular flexibility index (Phi) is 5.22. The van der Waals surface area contributed by atoms with Gasteiger partial charge in [0.05, 0.1) is 12.1 Å². The summed E-state index contributed by atoms with van der Waals surface area (Å²) in [6.07, 6.45) is 1.84. The molecule has 0 aliphatic heterocycles. The van der Waals surface area contributed by atoms with E-state index in [-0.39, 0.29) is 0 Å². The van der Waals surface area contributed by atoms with Gasteiger partial charge in [-0.25, -0.2) is 9.97 Å². The van der Waals surface area contributed by atoms with Gasteiger partial charge in [0.2, 0.25) is 0 Å². The van der Waals surface area contributed by atoms with Crippen LogP contribution in [0.4, 0.5) is 17.3 Å². The lowest BCUT2D eigenvalue weighted by Crippen LogP contribution is -2.03. The number of methoxy groups -OCH3 is 1. The zero-order chi connectivity index (χ0) is 15.2. The SMILES string of the molecule is CCCc1nc(NC)cc(Nc2ccc(OC)c(Cl)c2)n1. The third-order valence-corrected chi connectivity index (χ3v) is 3.22. The molecule has 0 fully saturated rings. The van der Waals surface area contributed by atoms with E-state index in [2.05, 4.69) is 27.5 Å². The van der Waals surface area contributed by atoms with E-state index in [1.807, 2.05) is 25.2 Å². The summed E-state index contributed by atoms with van der Waals surface area (Å²) in [4.78, 5) is 8.92. The molecule has 21 heavy (non-hydrogen) atoms. The number of rotatable bonds is 6. The van der Waals surface area contributed by atoms with Crippen LogP contribution in [-0.4, -0.2) is 24.1 Å². The van der Waals surface area contributed by atoms with Gasteiger partial charge in [-0.05, 0) is 24.6 Å². The number of aromatic nitrogens is 2. The third-order valence-electron chi connectivity index (χ3n) is 2.93. The molecule has 0 saturated heterocycles. The summed E-state index contributed by atoms with van der Waals surface area (Å²) in [7, 11) is 3.43. The van der Waals surface area contributed by atoms with E-state index in [0.717, 1.165) is 36.0 Å². The summed E-state index contributed by atoms with van der Waals surface area (Å²) in [6, 6.07) is 7.38.